The standard InChI is InChI=1S/C15H20N2O3/c1-9(2)12(15(19)20)8-17-14(18)11-4-3-10-5-6-16-13(10)7-11/h3-4,7,9,12,16H,5-6,8H2,1-2H3,(H,17,18)(H,19,20). The van der Waals surface area contributed by atoms with Gasteiger partial charge in [0.1, 0.15) is 0 Å². The molecule has 1 unspecified atom stereocenters. The van der Waals surface area contributed by atoms with Gasteiger partial charge >= 0.3 is 5.97 Å². The van der Waals surface area contributed by atoms with Gasteiger partial charge in [0.25, 0.3) is 5.91 Å². The second-order valence-electron chi connectivity index (χ2n) is 5.45. The number of benzene rings is 1. The largest absolute Gasteiger partial charge is 0.481 e. The van der Waals surface area contributed by atoms with Gasteiger partial charge in [-0.3, -0.25) is 9.59 Å². The lowest BCUT2D eigenvalue weighted by Crippen LogP contribution is -2.35. The molecule has 2 rings (SSSR count). The number of aliphatic carboxylic acids is 1. The van der Waals surface area contributed by atoms with Crippen molar-refractivity contribution >= 4 is 17.6 Å². The maximum atomic E-state index is 12.1. The van der Waals surface area contributed by atoms with Crippen molar-refractivity contribution in [2.45, 2.75) is 20.3 Å². The Morgan fingerprint density at radius 2 is 2.15 bits per heavy atom. The normalized spacial score (nSPS) is 14.6. The van der Waals surface area contributed by atoms with E-state index >= 15 is 0 Å². The third-order valence-corrected chi connectivity index (χ3v) is 3.69. The van der Waals surface area contributed by atoms with E-state index in [0.717, 1.165) is 18.7 Å². The molecule has 108 valence electrons. The first-order valence-electron chi connectivity index (χ1n) is 6.87. The van der Waals surface area contributed by atoms with Crippen LogP contribution in [0.3, 0.4) is 0 Å². The van der Waals surface area contributed by atoms with Gasteiger partial charge in [-0.05, 0) is 30.0 Å². The van der Waals surface area contributed by atoms with Gasteiger partial charge in [0.15, 0.2) is 0 Å². The molecule has 1 atom stereocenters. The Morgan fingerprint density at radius 1 is 1.40 bits per heavy atom. The van der Waals surface area contributed by atoms with E-state index in [-0.39, 0.29) is 18.4 Å². The van der Waals surface area contributed by atoms with Crippen LogP contribution < -0.4 is 10.6 Å². The highest BCUT2D eigenvalue weighted by Gasteiger charge is 2.22. The monoisotopic (exact) mass is 276 g/mol. The van der Waals surface area contributed by atoms with Gasteiger partial charge in [0.05, 0.1) is 5.92 Å². The summed E-state index contributed by atoms with van der Waals surface area (Å²) in [5.41, 5.74) is 2.77. The smallest absolute Gasteiger partial charge is 0.308 e. The number of hydrogen-bond acceptors (Lipinski definition) is 3. The summed E-state index contributed by atoms with van der Waals surface area (Å²) < 4.78 is 0. The van der Waals surface area contributed by atoms with E-state index < -0.39 is 11.9 Å². The average Bonchev–Trinajstić information content (AvgIpc) is 2.84. The molecule has 1 amide bonds. The summed E-state index contributed by atoms with van der Waals surface area (Å²) in [5.74, 6) is -1.69. The number of carbonyl (C=O) groups is 2. The molecule has 0 bridgehead atoms. The minimum atomic E-state index is -0.879. The molecule has 1 aliphatic heterocycles. The lowest BCUT2D eigenvalue weighted by atomic mass is 9.96. The second kappa shape index (κ2) is 5.94. The Labute approximate surface area is 118 Å². The van der Waals surface area contributed by atoms with Crippen LogP contribution in [0, 0.1) is 11.8 Å². The summed E-state index contributed by atoms with van der Waals surface area (Å²) >= 11 is 0. The van der Waals surface area contributed by atoms with E-state index in [0.29, 0.717) is 5.56 Å². The van der Waals surface area contributed by atoms with Crippen molar-refractivity contribution in [3.05, 3.63) is 29.3 Å². The van der Waals surface area contributed by atoms with Crippen LogP contribution >= 0.6 is 0 Å². The van der Waals surface area contributed by atoms with Crippen molar-refractivity contribution in [2.24, 2.45) is 11.8 Å². The predicted octanol–water partition coefficient (Wildman–Crippen LogP) is 1.74. The van der Waals surface area contributed by atoms with Crippen molar-refractivity contribution in [2.75, 3.05) is 18.4 Å². The number of carbonyl (C=O) groups excluding carboxylic acids is 1. The summed E-state index contributed by atoms with van der Waals surface area (Å²) in [4.78, 5) is 23.1. The van der Waals surface area contributed by atoms with Gasteiger partial charge in [-0.1, -0.05) is 19.9 Å². The van der Waals surface area contributed by atoms with E-state index in [1.807, 2.05) is 26.0 Å². The first-order chi connectivity index (χ1) is 9.49. The molecule has 20 heavy (non-hydrogen) atoms. The molecule has 0 radical (unpaired) electrons. The fourth-order valence-electron chi connectivity index (χ4n) is 2.34. The molecule has 5 heteroatoms. The molecule has 0 saturated heterocycles. The molecule has 0 spiro atoms. The van der Waals surface area contributed by atoms with Crippen LogP contribution in [0.25, 0.3) is 0 Å². The summed E-state index contributed by atoms with van der Waals surface area (Å²) in [6.07, 6.45) is 0.978. The molecule has 1 aliphatic rings. The minimum absolute atomic E-state index is 0.0190. The Kier molecular flexibility index (Phi) is 4.27. The lowest BCUT2D eigenvalue weighted by molar-refractivity contribution is -0.142. The van der Waals surface area contributed by atoms with Crippen LogP contribution in [0.4, 0.5) is 5.69 Å². The zero-order valence-electron chi connectivity index (χ0n) is 11.8. The molecule has 1 aromatic carbocycles. The van der Waals surface area contributed by atoms with E-state index in [9.17, 15) is 9.59 Å². The van der Waals surface area contributed by atoms with Crippen LogP contribution in [0.5, 0.6) is 0 Å². The molecule has 0 saturated carbocycles. The molecule has 0 aliphatic carbocycles. The summed E-state index contributed by atoms with van der Waals surface area (Å²) in [6, 6.07) is 5.55. The van der Waals surface area contributed by atoms with E-state index in [1.54, 1.807) is 6.07 Å². The number of amides is 1. The minimum Gasteiger partial charge on any atom is -0.481 e. The van der Waals surface area contributed by atoms with Crippen molar-refractivity contribution < 1.29 is 14.7 Å². The van der Waals surface area contributed by atoms with E-state index in [2.05, 4.69) is 10.6 Å². The fourth-order valence-corrected chi connectivity index (χ4v) is 2.34. The molecular formula is C15H20N2O3. The number of rotatable bonds is 5. The molecule has 0 fully saturated rings. The first-order valence-corrected chi connectivity index (χ1v) is 6.87. The fraction of sp³-hybridized carbons (Fsp3) is 0.467. The van der Waals surface area contributed by atoms with Crippen molar-refractivity contribution in [1.29, 1.82) is 0 Å². The van der Waals surface area contributed by atoms with Gasteiger partial charge < -0.3 is 15.7 Å². The van der Waals surface area contributed by atoms with Crippen LogP contribution in [0.2, 0.25) is 0 Å². The van der Waals surface area contributed by atoms with Gasteiger partial charge in [0.2, 0.25) is 0 Å². The molecule has 1 heterocycles. The zero-order valence-corrected chi connectivity index (χ0v) is 11.8. The maximum absolute atomic E-state index is 12.1. The molecular weight excluding hydrogens is 256 g/mol. The second-order valence-corrected chi connectivity index (χ2v) is 5.45. The number of hydrogen-bond donors (Lipinski definition) is 3. The van der Waals surface area contributed by atoms with Crippen LogP contribution in [0.1, 0.15) is 29.8 Å². The van der Waals surface area contributed by atoms with Crippen LogP contribution in [-0.2, 0) is 11.2 Å². The molecule has 3 N–H and O–H groups in total. The highest BCUT2D eigenvalue weighted by atomic mass is 16.4. The molecule has 5 nitrogen and oxygen atoms in total. The Balaban J connectivity index is 2.00. The summed E-state index contributed by atoms with van der Waals surface area (Å²) in [5, 5.41) is 15.0. The van der Waals surface area contributed by atoms with Gasteiger partial charge in [-0.15, -0.1) is 0 Å². The lowest BCUT2D eigenvalue weighted by Gasteiger charge is -2.16. The highest BCUT2D eigenvalue weighted by Crippen LogP contribution is 2.23. The van der Waals surface area contributed by atoms with E-state index in [4.69, 9.17) is 5.11 Å². The van der Waals surface area contributed by atoms with Crippen molar-refractivity contribution in [3.8, 4) is 0 Å². The van der Waals surface area contributed by atoms with Crippen molar-refractivity contribution in [1.82, 2.24) is 5.32 Å². The number of carboxylic acid groups (broad SMARTS) is 1. The van der Waals surface area contributed by atoms with Gasteiger partial charge in [-0.2, -0.15) is 0 Å². The number of fused-ring (bicyclic) bond motifs is 1. The molecule has 0 aromatic heterocycles. The predicted molar refractivity (Wildman–Crippen MR) is 76.9 cm³/mol. The van der Waals surface area contributed by atoms with E-state index in [1.165, 1.54) is 5.56 Å². The quantitative estimate of drug-likeness (QED) is 0.765. The van der Waals surface area contributed by atoms with Gasteiger partial charge in [-0.25, -0.2) is 0 Å². The Bertz CT molecular complexity index is 526. The SMILES string of the molecule is CC(C)C(CNC(=O)c1ccc2c(c1)NCC2)C(=O)O. The van der Waals surface area contributed by atoms with Crippen LogP contribution in [-0.4, -0.2) is 30.1 Å². The highest BCUT2D eigenvalue weighted by molar-refractivity contribution is 5.95. The third-order valence-electron chi connectivity index (χ3n) is 3.69. The number of carboxylic acids is 1. The maximum Gasteiger partial charge on any atom is 0.308 e. The first kappa shape index (κ1) is 14.4. The van der Waals surface area contributed by atoms with Gasteiger partial charge in [0, 0.05) is 24.3 Å². The number of anilines is 1. The summed E-state index contributed by atoms with van der Waals surface area (Å²) in [7, 11) is 0. The molecule has 1 aromatic rings. The third kappa shape index (κ3) is 3.10. The Morgan fingerprint density at radius 3 is 2.80 bits per heavy atom. The van der Waals surface area contributed by atoms with Crippen LogP contribution in [0.15, 0.2) is 18.2 Å². The Hall–Kier alpha value is -2.04. The average molecular weight is 276 g/mol. The van der Waals surface area contributed by atoms with Crippen molar-refractivity contribution in [3.63, 3.8) is 0 Å². The number of nitrogens with one attached hydrogen (secondary N) is 2. The summed E-state index contributed by atoms with van der Waals surface area (Å²) in [6.45, 7) is 4.72. The topological polar surface area (TPSA) is 78.4 Å². The zero-order chi connectivity index (χ0) is 14.7.